The van der Waals surface area contributed by atoms with E-state index in [0.29, 0.717) is 42.9 Å². The molecule has 1 heterocycles. The van der Waals surface area contributed by atoms with Gasteiger partial charge in [-0.15, -0.1) is 0 Å². The van der Waals surface area contributed by atoms with Crippen LogP contribution in [0.15, 0.2) is 33.7 Å². The minimum atomic E-state index is -0.292. The van der Waals surface area contributed by atoms with E-state index in [0.717, 1.165) is 5.56 Å². The number of benzene rings is 2. The zero-order valence-electron chi connectivity index (χ0n) is 12.2. The fourth-order valence-corrected chi connectivity index (χ4v) is 3.22. The molecule has 0 saturated heterocycles. The van der Waals surface area contributed by atoms with E-state index in [1.807, 2.05) is 6.92 Å². The highest BCUT2D eigenvalue weighted by molar-refractivity contribution is 9.10. The number of hydrogen-bond acceptors (Lipinski definition) is 3. The number of amides is 1. The number of carbonyl (C=O) groups is 1. The lowest BCUT2D eigenvalue weighted by atomic mass is 10.1. The van der Waals surface area contributed by atoms with Crippen LogP contribution in [-0.4, -0.2) is 18.7 Å². The van der Waals surface area contributed by atoms with E-state index >= 15 is 0 Å². The molecule has 4 nitrogen and oxygen atoms in total. The molecule has 3 rings (SSSR count). The summed E-state index contributed by atoms with van der Waals surface area (Å²) in [6, 6.07) is 6.83. The van der Waals surface area contributed by atoms with E-state index in [-0.39, 0.29) is 5.91 Å². The molecule has 0 aromatic heterocycles. The third-order valence-corrected chi connectivity index (χ3v) is 5.11. The second-order valence-electron chi connectivity index (χ2n) is 4.95. The van der Waals surface area contributed by atoms with Gasteiger partial charge in [-0.3, -0.25) is 4.79 Å². The molecule has 1 aliphatic rings. The summed E-state index contributed by atoms with van der Waals surface area (Å²) in [6.45, 7) is 1.84. The Labute approximate surface area is 151 Å². The Morgan fingerprint density at radius 1 is 1.26 bits per heavy atom. The van der Waals surface area contributed by atoms with Crippen molar-refractivity contribution >= 4 is 62.1 Å². The summed E-state index contributed by atoms with van der Waals surface area (Å²) in [4.78, 5) is 16.8. The van der Waals surface area contributed by atoms with Crippen molar-refractivity contribution in [1.82, 2.24) is 0 Å². The molecule has 0 aliphatic carbocycles. The van der Waals surface area contributed by atoms with Gasteiger partial charge in [-0.25, -0.2) is 4.99 Å². The molecule has 7 heteroatoms. The summed E-state index contributed by atoms with van der Waals surface area (Å²) in [5.41, 5.74) is 2.92. The number of ether oxygens (including phenoxy) is 1. The van der Waals surface area contributed by atoms with Crippen molar-refractivity contribution in [2.75, 3.05) is 12.4 Å². The predicted octanol–water partition coefficient (Wildman–Crippen LogP) is 5.15. The standard InChI is InChI=1S/C16H11BrCl2N2O2/c1-7-13(19)10(17)6-9-14(7)21-16(22)15(9)20-11-5-8(18)3-4-12(11)23-2/h3-6H,1-2H3,(H,20,21,22). The highest BCUT2D eigenvalue weighted by atomic mass is 79.9. The molecule has 2 aromatic rings. The molecule has 0 bridgehead atoms. The van der Waals surface area contributed by atoms with Crippen LogP contribution in [0.3, 0.4) is 0 Å². The first-order chi connectivity index (χ1) is 10.9. The molecular formula is C16H11BrCl2N2O2. The van der Waals surface area contributed by atoms with E-state index in [4.69, 9.17) is 27.9 Å². The van der Waals surface area contributed by atoms with E-state index < -0.39 is 0 Å². The van der Waals surface area contributed by atoms with Gasteiger partial charge in [0.1, 0.15) is 17.1 Å². The summed E-state index contributed by atoms with van der Waals surface area (Å²) in [5.74, 6) is 0.243. The highest BCUT2D eigenvalue weighted by Crippen LogP contribution is 2.39. The number of methoxy groups -OCH3 is 1. The highest BCUT2D eigenvalue weighted by Gasteiger charge is 2.29. The molecule has 0 atom stereocenters. The van der Waals surface area contributed by atoms with Gasteiger partial charge in [-0.05, 0) is 52.7 Å². The minimum absolute atomic E-state index is 0.292. The van der Waals surface area contributed by atoms with Gasteiger partial charge in [-0.2, -0.15) is 0 Å². The van der Waals surface area contributed by atoms with Crippen LogP contribution in [0.1, 0.15) is 11.1 Å². The molecular weight excluding hydrogens is 403 g/mol. The van der Waals surface area contributed by atoms with Crippen LogP contribution in [0, 0.1) is 6.92 Å². The smallest absolute Gasteiger partial charge is 0.275 e. The second-order valence-corrected chi connectivity index (χ2v) is 6.62. The van der Waals surface area contributed by atoms with Crippen LogP contribution in [0.4, 0.5) is 11.4 Å². The fourth-order valence-electron chi connectivity index (χ4n) is 2.38. The summed E-state index contributed by atoms with van der Waals surface area (Å²) >= 11 is 15.6. The van der Waals surface area contributed by atoms with Gasteiger partial charge < -0.3 is 10.1 Å². The van der Waals surface area contributed by atoms with Crippen LogP contribution in [0.2, 0.25) is 10.0 Å². The van der Waals surface area contributed by atoms with Crippen molar-refractivity contribution in [3.8, 4) is 5.75 Å². The number of nitrogens with one attached hydrogen (secondary N) is 1. The first kappa shape index (κ1) is 16.3. The van der Waals surface area contributed by atoms with Gasteiger partial charge in [0.2, 0.25) is 0 Å². The topological polar surface area (TPSA) is 50.7 Å². The molecule has 0 spiro atoms. The van der Waals surface area contributed by atoms with Crippen LogP contribution >= 0.6 is 39.1 Å². The lowest BCUT2D eigenvalue weighted by molar-refractivity contribution is -0.110. The van der Waals surface area contributed by atoms with Gasteiger partial charge in [-0.1, -0.05) is 23.2 Å². The summed E-state index contributed by atoms with van der Waals surface area (Å²) in [5, 5.41) is 3.88. The van der Waals surface area contributed by atoms with Crippen molar-refractivity contribution in [2.45, 2.75) is 6.92 Å². The molecule has 1 aliphatic heterocycles. The van der Waals surface area contributed by atoms with Crippen molar-refractivity contribution in [3.63, 3.8) is 0 Å². The van der Waals surface area contributed by atoms with Gasteiger partial charge in [0.25, 0.3) is 5.91 Å². The van der Waals surface area contributed by atoms with E-state index in [2.05, 4.69) is 26.2 Å². The SMILES string of the molecule is COc1ccc(Cl)cc1N=C1C(=O)Nc2c1cc(Br)c(Cl)c2C. The number of carbonyl (C=O) groups excluding carboxylic acids is 1. The van der Waals surface area contributed by atoms with Crippen LogP contribution in [-0.2, 0) is 4.79 Å². The molecule has 1 amide bonds. The number of nitrogens with zero attached hydrogens (tertiary/aromatic N) is 1. The van der Waals surface area contributed by atoms with Crippen LogP contribution in [0.25, 0.3) is 0 Å². The third-order valence-electron chi connectivity index (χ3n) is 3.54. The van der Waals surface area contributed by atoms with Gasteiger partial charge in [0.15, 0.2) is 0 Å². The van der Waals surface area contributed by atoms with Crippen molar-refractivity contribution in [1.29, 1.82) is 0 Å². The number of hydrogen-bond donors (Lipinski definition) is 1. The van der Waals surface area contributed by atoms with Crippen LogP contribution in [0.5, 0.6) is 5.75 Å². The number of fused-ring (bicyclic) bond motifs is 1. The van der Waals surface area contributed by atoms with Crippen molar-refractivity contribution < 1.29 is 9.53 Å². The normalized spacial score (nSPS) is 14.8. The van der Waals surface area contributed by atoms with Gasteiger partial charge >= 0.3 is 0 Å². The molecule has 0 saturated carbocycles. The zero-order chi connectivity index (χ0) is 16.7. The molecule has 23 heavy (non-hydrogen) atoms. The number of halogens is 3. The second kappa shape index (κ2) is 6.15. The maximum absolute atomic E-state index is 12.3. The van der Waals surface area contributed by atoms with Gasteiger partial charge in [0, 0.05) is 15.1 Å². The largest absolute Gasteiger partial charge is 0.494 e. The Bertz CT molecular complexity index is 866. The summed E-state index contributed by atoms with van der Waals surface area (Å²) < 4.78 is 5.98. The molecule has 0 unspecified atom stereocenters. The fraction of sp³-hybridized carbons (Fsp3) is 0.125. The first-order valence-corrected chi connectivity index (χ1v) is 8.19. The van der Waals surface area contributed by atoms with E-state index in [9.17, 15) is 4.79 Å². The van der Waals surface area contributed by atoms with E-state index in [1.54, 1.807) is 24.3 Å². The Hall–Kier alpha value is -1.56. The number of anilines is 1. The Morgan fingerprint density at radius 2 is 2.00 bits per heavy atom. The van der Waals surface area contributed by atoms with Crippen LogP contribution < -0.4 is 10.1 Å². The quantitative estimate of drug-likeness (QED) is 0.740. The average Bonchev–Trinajstić information content (AvgIpc) is 2.82. The molecule has 1 N–H and O–H groups in total. The minimum Gasteiger partial charge on any atom is -0.494 e. The molecule has 118 valence electrons. The Balaban J connectivity index is 2.20. The zero-order valence-corrected chi connectivity index (χ0v) is 15.3. The molecule has 0 radical (unpaired) electrons. The molecule has 2 aromatic carbocycles. The Morgan fingerprint density at radius 3 is 2.70 bits per heavy atom. The van der Waals surface area contributed by atoms with Crippen molar-refractivity contribution in [2.24, 2.45) is 4.99 Å². The number of rotatable bonds is 2. The third kappa shape index (κ3) is 2.84. The average molecular weight is 414 g/mol. The van der Waals surface area contributed by atoms with E-state index in [1.165, 1.54) is 7.11 Å². The van der Waals surface area contributed by atoms with Crippen molar-refractivity contribution in [3.05, 3.63) is 49.9 Å². The predicted molar refractivity (Wildman–Crippen MR) is 96.7 cm³/mol. The summed E-state index contributed by atoms with van der Waals surface area (Å²) in [6.07, 6.45) is 0. The number of aliphatic imine (C=N–C) groups is 1. The lowest BCUT2D eigenvalue weighted by Gasteiger charge is -2.08. The van der Waals surface area contributed by atoms with Gasteiger partial charge in [0.05, 0.1) is 17.8 Å². The molecule has 0 fully saturated rings. The summed E-state index contributed by atoms with van der Waals surface area (Å²) in [7, 11) is 1.54. The first-order valence-electron chi connectivity index (χ1n) is 6.65. The maximum Gasteiger partial charge on any atom is 0.275 e. The Kier molecular flexibility index (Phi) is 4.36. The lowest BCUT2D eigenvalue weighted by Crippen LogP contribution is -2.14. The monoisotopic (exact) mass is 412 g/mol. The maximum atomic E-state index is 12.3.